The molecule has 0 aliphatic rings. The fraction of sp³-hybridized carbons (Fsp3) is 0.889. The summed E-state index contributed by atoms with van der Waals surface area (Å²) in [7, 11) is 0. The lowest BCUT2D eigenvalue weighted by molar-refractivity contribution is -0.118. The Labute approximate surface area is 137 Å². The summed E-state index contributed by atoms with van der Waals surface area (Å²) in [6.45, 7) is 19.9. The Hall–Kier alpha value is -0.740. The average Bonchev–Trinajstić information content (AvgIpc) is 2.07. The van der Waals surface area contributed by atoms with Crippen molar-refractivity contribution in [2.45, 2.75) is 105 Å². The van der Waals surface area contributed by atoms with E-state index >= 15 is 0 Å². The molecule has 0 fully saturated rings. The Bertz CT molecular complexity index is 304. The Balaban J connectivity index is 0. The second-order valence-corrected chi connectivity index (χ2v) is 8.40. The van der Waals surface area contributed by atoms with Crippen LogP contribution in [0.1, 0.15) is 82.1 Å². The molecule has 0 aliphatic heterocycles. The standard InChI is InChI=1S/2C9H19NO/c2*1-7(6-8(2)11)10-9(3,4)5/h2*7,10H,6H2,1-5H3. The first kappa shape index (κ1) is 23.5. The number of Topliss-reactive ketones (excluding diaryl/α,β-unsaturated/α-hetero) is 2. The zero-order valence-corrected chi connectivity index (χ0v) is 16.4. The maximum atomic E-state index is 10.7. The van der Waals surface area contributed by atoms with Crippen molar-refractivity contribution in [3.8, 4) is 0 Å². The van der Waals surface area contributed by atoms with E-state index in [1.54, 1.807) is 13.8 Å². The summed E-state index contributed by atoms with van der Waals surface area (Å²) in [5.41, 5.74) is 0.212. The molecule has 2 atom stereocenters. The van der Waals surface area contributed by atoms with Gasteiger partial charge in [0, 0.05) is 36.0 Å². The summed E-state index contributed by atoms with van der Waals surface area (Å²) >= 11 is 0. The van der Waals surface area contributed by atoms with Gasteiger partial charge >= 0.3 is 0 Å². The Morgan fingerprint density at radius 2 is 0.955 bits per heavy atom. The van der Waals surface area contributed by atoms with E-state index in [1.807, 2.05) is 13.8 Å². The number of ketones is 2. The van der Waals surface area contributed by atoms with E-state index in [1.165, 1.54) is 0 Å². The first-order valence-electron chi connectivity index (χ1n) is 8.16. The first-order chi connectivity index (χ1) is 9.62. The highest BCUT2D eigenvalue weighted by molar-refractivity contribution is 5.76. The molecule has 4 nitrogen and oxygen atoms in total. The molecule has 0 aromatic carbocycles. The van der Waals surface area contributed by atoms with Crippen LogP contribution in [-0.2, 0) is 9.59 Å². The summed E-state index contributed by atoms with van der Waals surface area (Å²) in [4.78, 5) is 21.4. The summed E-state index contributed by atoms with van der Waals surface area (Å²) in [5, 5.41) is 6.66. The smallest absolute Gasteiger partial charge is 0.131 e. The lowest BCUT2D eigenvalue weighted by Gasteiger charge is -2.25. The van der Waals surface area contributed by atoms with Crippen LogP contribution in [0.5, 0.6) is 0 Å². The van der Waals surface area contributed by atoms with Crippen LogP contribution in [0.4, 0.5) is 0 Å². The van der Waals surface area contributed by atoms with Crippen LogP contribution in [-0.4, -0.2) is 34.7 Å². The molecule has 0 rings (SSSR count). The van der Waals surface area contributed by atoms with E-state index in [9.17, 15) is 9.59 Å². The van der Waals surface area contributed by atoms with Crippen LogP contribution in [0.15, 0.2) is 0 Å². The molecule has 0 bridgehead atoms. The number of hydrogen-bond donors (Lipinski definition) is 2. The van der Waals surface area contributed by atoms with Gasteiger partial charge in [-0.2, -0.15) is 0 Å². The molecule has 22 heavy (non-hydrogen) atoms. The van der Waals surface area contributed by atoms with E-state index < -0.39 is 0 Å². The summed E-state index contributed by atoms with van der Waals surface area (Å²) < 4.78 is 0. The Morgan fingerprint density at radius 3 is 1.09 bits per heavy atom. The van der Waals surface area contributed by atoms with E-state index in [0.29, 0.717) is 12.8 Å². The van der Waals surface area contributed by atoms with Crippen molar-refractivity contribution in [3.63, 3.8) is 0 Å². The topological polar surface area (TPSA) is 58.2 Å². The van der Waals surface area contributed by atoms with Crippen LogP contribution in [0, 0.1) is 0 Å². The molecule has 0 radical (unpaired) electrons. The van der Waals surface area contributed by atoms with E-state index in [-0.39, 0.29) is 34.7 Å². The minimum absolute atomic E-state index is 0.106. The van der Waals surface area contributed by atoms with Gasteiger partial charge in [-0.1, -0.05) is 0 Å². The van der Waals surface area contributed by atoms with Crippen LogP contribution < -0.4 is 10.6 Å². The van der Waals surface area contributed by atoms with Crippen molar-refractivity contribution in [1.82, 2.24) is 10.6 Å². The van der Waals surface area contributed by atoms with Crippen LogP contribution >= 0.6 is 0 Å². The van der Waals surface area contributed by atoms with Gasteiger partial charge in [0.2, 0.25) is 0 Å². The van der Waals surface area contributed by atoms with Crippen molar-refractivity contribution < 1.29 is 9.59 Å². The minimum Gasteiger partial charge on any atom is -0.309 e. The SMILES string of the molecule is CC(=O)CC(C)NC(C)(C)C.CC(=O)CC(C)NC(C)(C)C. The molecule has 132 valence electrons. The first-order valence-corrected chi connectivity index (χ1v) is 8.16. The maximum absolute atomic E-state index is 10.7. The number of hydrogen-bond acceptors (Lipinski definition) is 4. The van der Waals surface area contributed by atoms with Gasteiger partial charge in [0.15, 0.2) is 0 Å². The Kier molecular flexibility index (Phi) is 10.8. The Morgan fingerprint density at radius 1 is 0.727 bits per heavy atom. The largest absolute Gasteiger partial charge is 0.309 e. The molecule has 0 heterocycles. The third-order valence-electron chi connectivity index (χ3n) is 2.55. The number of rotatable bonds is 6. The third-order valence-corrected chi connectivity index (χ3v) is 2.55. The molecule has 0 saturated heterocycles. The number of carbonyl (C=O) groups is 2. The maximum Gasteiger partial charge on any atom is 0.131 e. The fourth-order valence-electron chi connectivity index (χ4n) is 2.44. The van der Waals surface area contributed by atoms with Crippen molar-refractivity contribution in [3.05, 3.63) is 0 Å². The van der Waals surface area contributed by atoms with Crippen molar-refractivity contribution in [1.29, 1.82) is 0 Å². The highest BCUT2D eigenvalue weighted by atomic mass is 16.1. The average molecular weight is 315 g/mol. The summed E-state index contributed by atoms with van der Waals surface area (Å²) in [6.07, 6.45) is 1.24. The van der Waals surface area contributed by atoms with Crippen molar-refractivity contribution in [2.24, 2.45) is 0 Å². The summed E-state index contributed by atoms with van der Waals surface area (Å²) in [6, 6.07) is 0.569. The number of nitrogens with one attached hydrogen (secondary N) is 2. The predicted octanol–water partition coefficient (Wildman–Crippen LogP) is 3.48. The van der Waals surface area contributed by atoms with Gasteiger partial charge in [-0.15, -0.1) is 0 Å². The van der Waals surface area contributed by atoms with Gasteiger partial charge in [-0.05, 0) is 69.2 Å². The zero-order valence-electron chi connectivity index (χ0n) is 16.4. The molecule has 0 aromatic heterocycles. The molecule has 0 aromatic rings. The third kappa shape index (κ3) is 21.6. The highest BCUT2D eigenvalue weighted by Gasteiger charge is 2.14. The van der Waals surface area contributed by atoms with Gasteiger partial charge in [-0.25, -0.2) is 0 Å². The second kappa shape index (κ2) is 10.1. The molecule has 0 amide bonds. The predicted molar refractivity (Wildman–Crippen MR) is 95.3 cm³/mol. The van der Waals surface area contributed by atoms with E-state index in [0.717, 1.165) is 0 Å². The lowest BCUT2D eigenvalue weighted by Crippen LogP contribution is -2.42. The van der Waals surface area contributed by atoms with Crippen LogP contribution in [0.25, 0.3) is 0 Å². The minimum atomic E-state index is 0.106. The lowest BCUT2D eigenvalue weighted by atomic mass is 10.1. The van der Waals surface area contributed by atoms with Gasteiger partial charge in [-0.3, -0.25) is 9.59 Å². The molecular weight excluding hydrogens is 276 g/mol. The summed E-state index contributed by atoms with van der Waals surface area (Å²) in [5.74, 6) is 0.489. The van der Waals surface area contributed by atoms with Crippen molar-refractivity contribution in [2.75, 3.05) is 0 Å². The number of carbonyl (C=O) groups excluding carboxylic acids is 2. The normalized spacial score (nSPS) is 14.6. The van der Waals surface area contributed by atoms with Crippen molar-refractivity contribution >= 4 is 11.6 Å². The van der Waals surface area contributed by atoms with Crippen LogP contribution in [0.3, 0.4) is 0 Å². The highest BCUT2D eigenvalue weighted by Crippen LogP contribution is 2.04. The molecule has 4 heteroatoms. The monoisotopic (exact) mass is 314 g/mol. The van der Waals surface area contributed by atoms with Gasteiger partial charge in [0.25, 0.3) is 0 Å². The van der Waals surface area contributed by atoms with Gasteiger partial charge in [0.1, 0.15) is 11.6 Å². The van der Waals surface area contributed by atoms with Gasteiger partial charge in [0.05, 0.1) is 0 Å². The molecule has 2 N–H and O–H groups in total. The molecule has 0 spiro atoms. The van der Waals surface area contributed by atoms with Crippen LogP contribution in [0.2, 0.25) is 0 Å². The van der Waals surface area contributed by atoms with E-state index in [4.69, 9.17) is 0 Å². The van der Waals surface area contributed by atoms with E-state index in [2.05, 4.69) is 52.2 Å². The zero-order chi connectivity index (χ0) is 18.1. The quantitative estimate of drug-likeness (QED) is 0.788. The second-order valence-electron chi connectivity index (χ2n) is 8.40. The molecule has 0 saturated carbocycles. The van der Waals surface area contributed by atoms with Gasteiger partial charge < -0.3 is 10.6 Å². The fourth-order valence-corrected chi connectivity index (χ4v) is 2.44. The molecule has 2 unspecified atom stereocenters. The molecule has 0 aliphatic carbocycles. The molecular formula is C18H38N2O2.